The highest BCUT2D eigenvalue weighted by atomic mass is 35.5. The minimum atomic E-state index is -0.722. The van der Waals surface area contributed by atoms with Crippen molar-refractivity contribution in [2.24, 2.45) is 5.92 Å². The predicted molar refractivity (Wildman–Crippen MR) is 144 cm³/mol. The van der Waals surface area contributed by atoms with Gasteiger partial charge in [0.15, 0.2) is 0 Å². The van der Waals surface area contributed by atoms with Gasteiger partial charge in [0.1, 0.15) is 6.04 Å². The molecule has 3 aromatic rings. The van der Waals surface area contributed by atoms with Gasteiger partial charge in [0.25, 0.3) is 0 Å². The first-order valence-corrected chi connectivity index (χ1v) is 12.6. The number of benzene rings is 3. The van der Waals surface area contributed by atoms with Crippen molar-refractivity contribution < 1.29 is 9.59 Å². The highest BCUT2D eigenvalue weighted by Gasteiger charge is 2.31. The van der Waals surface area contributed by atoms with Gasteiger partial charge in [-0.05, 0) is 41.7 Å². The third-order valence-corrected chi connectivity index (χ3v) is 6.66. The molecule has 3 rings (SSSR count). The Morgan fingerprint density at radius 1 is 0.886 bits per heavy atom. The summed E-state index contributed by atoms with van der Waals surface area (Å²) in [6.07, 6.45) is 0.559. The highest BCUT2D eigenvalue weighted by molar-refractivity contribution is 6.36. The summed E-state index contributed by atoms with van der Waals surface area (Å²) in [5.74, 6) is -0.0646. The van der Waals surface area contributed by atoms with Gasteiger partial charge in [-0.15, -0.1) is 0 Å². The second-order valence-electron chi connectivity index (χ2n) is 9.17. The fourth-order valence-electron chi connectivity index (χ4n) is 3.90. The van der Waals surface area contributed by atoms with E-state index < -0.39 is 6.04 Å². The zero-order valence-corrected chi connectivity index (χ0v) is 21.9. The molecule has 0 heterocycles. The largest absolute Gasteiger partial charge is 0.354 e. The lowest BCUT2D eigenvalue weighted by Crippen LogP contribution is -2.51. The van der Waals surface area contributed by atoms with E-state index >= 15 is 0 Å². The summed E-state index contributed by atoms with van der Waals surface area (Å²) in [6, 6.07) is 22.1. The number of carbonyl (C=O) groups excluding carboxylic acids is 2. The van der Waals surface area contributed by atoms with Gasteiger partial charge in [-0.2, -0.15) is 0 Å². The number of amides is 2. The zero-order chi connectivity index (χ0) is 25.4. The molecule has 184 valence electrons. The number of rotatable bonds is 10. The van der Waals surface area contributed by atoms with Gasteiger partial charge in [0.2, 0.25) is 11.8 Å². The van der Waals surface area contributed by atoms with E-state index in [1.54, 1.807) is 23.1 Å². The van der Waals surface area contributed by atoms with E-state index in [0.717, 1.165) is 16.7 Å². The Kier molecular flexibility index (Phi) is 9.76. The van der Waals surface area contributed by atoms with E-state index in [0.29, 0.717) is 28.6 Å². The van der Waals surface area contributed by atoms with Crippen molar-refractivity contribution in [2.45, 2.75) is 46.2 Å². The minimum absolute atomic E-state index is 0.135. The summed E-state index contributed by atoms with van der Waals surface area (Å²) >= 11 is 13.0. The van der Waals surface area contributed by atoms with Crippen LogP contribution in [0.25, 0.3) is 0 Å². The van der Waals surface area contributed by atoms with Crippen molar-refractivity contribution in [2.75, 3.05) is 6.54 Å². The topological polar surface area (TPSA) is 49.4 Å². The molecule has 0 aliphatic rings. The molecule has 0 spiro atoms. The summed E-state index contributed by atoms with van der Waals surface area (Å²) in [7, 11) is 0. The van der Waals surface area contributed by atoms with Crippen LogP contribution in [0.4, 0.5) is 0 Å². The summed E-state index contributed by atoms with van der Waals surface area (Å²) in [6.45, 7) is 6.72. The quantitative estimate of drug-likeness (QED) is 0.350. The van der Waals surface area contributed by atoms with Gasteiger partial charge in [0, 0.05) is 35.1 Å². The van der Waals surface area contributed by atoms with Gasteiger partial charge < -0.3 is 10.2 Å². The van der Waals surface area contributed by atoms with Crippen LogP contribution >= 0.6 is 23.2 Å². The maximum Gasteiger partial charge on any atom is 0.243 e. The standard InChI is InChI=1S/C29H32Cl2N2O2/c1-20(2)18-32-29(35)27(16-22-11-5-4-6-12-22)33(19-24-25(30)14-9-15-26(24)31)28(34)17-23-13-8-7-10-21(23)3/h4-15,20,27H,16-19H2,1-3H3,(H,32,35)/t27-/m0/s1. The molecule has 0 radical (unpaired) electrons. The summed E-state index contributed by atoms with van der Waals surface area (Å²) in [5.41, 5.74) is 3.55. The average molecular weight is 511 g/mol. The maximum atomic E-state index is 13.8. The van der Waals surface area contributed by atoms with Crippen molar-refractivity contribution in [1.29, 1.82) is 0 Å². The van der Waals surface area contributed by atoms with Crippen molar-refractivity contribution >= 4 is 35.0 Å². The van der Waals surface area contributed by atoms with Crippen LogP contribution in [0, 0.1) is 12.8 Å². The number of hydrogen-bond donors (Lipinski definition) is 1. The van der Waals surface area contributed by atoms with Crippen molar-refractivity contribution in [1.82, 2.24) is 10.2 Å². The van der Waals surface area contributed by atoms with Crippen LogP contribution in [0.15, 0.2) is 72.8 Å². The van der Waals surface area contributed by atoms with Gasteiger partial charge >= 0.3 is 0 Å². The number of nitrogens with zero attached hydrogens (tertiary/aromatic N) is 1. The van der Waals surface area contributed by atoms with Gasteiger partial charge in [-0.25, -0.2) is 0 Å². The summed E-state index contributed by atoms with van der Waals surface area (Å²) in [4.78, 5) is 29.0. The molecule has 0 unspecified atom stereocenters. The molecule has 35 heavy (non-hydrogen) atoms. The third kappa shape index (κ3) is 7.58. The van der Waals surface area contributed by atoms with Gasteiger partial charge in [-0.3, -0.25) is 9.59 Å². The number of hydrogen-bond acceptors (Lipinski definition) is 2. The Morgan fingerprint density at radius 2 is 1.51 bits per heavy atom. The molecule has 3 aromatic carbocycles. The van der Waals surface area contributed by atoms with Crippen molar-refractivity contribution in [3.63, 3.8) is 0 Å². The maximum absolute atomic E-state index is 13.8. The van der Waals surface area contributed by atoms with Crippen LogP contribution in [0.5, 0.6) is 0 Å². The molecule has 0 aliphatic carbocycles. The predicted octanol–water partition coefficient (Wildman–Crippen LogP) is 6.26. The van der Waals surface area contributed by atoms with Crippen LogP contribution in [-0.4, -0.2) is 29.3 Å². The number of aryl methyl sites for hydroxylation is 1. The molecule has 0 saturated carbocycles. The van der Waals surface area contributed by atoms with E-state index in [1.807, 2.05) is 75.4 Å². The number of nitrogens with one attached hydrogen (secondary N) is 1. The lowest BCUT2D eigenvalue weighted by molar-refractivity contribution is -0.140. The molecular weight excluding hydrogens is 479 g/mol. The van der Waals surface area contributed by atoms with E-state index in [2.05, 4.69) is 5.32 Å². The first-order valence-electron chi connectivity index (χ1n) is 11.8. The van der Waals surface area contributed by atoms with Crippen LogP contribution < -0.4 is 5.32 Å². The van der Waals surface area contributed by atoms with Gasteiger partial charge in [0.05, 0.1) is 6.42 Å². The van der Waals surface area contributed by atoms with Crippen LogP contribution in [-0.2, 0) is 29.0 Å². The van der Waals surface area contributed by atoms with Crippen LogP contribution in [0.1, 0.15) is 36.1 Å². The molecule has 4 nitrogen and oxygen atoms in total. The van der Waals surface area contributed by atoms with Crippen molar-refractivity contribution in [3.05, 3.63) is 105 Å². The number of halogens is 2. The van der Waals surface area contributed by atoms with E-state index in [4.69, 9.17) is 23.2 Å². The zero-order valence-electron chi connectivity index (χ0n) is 20.4. The molecule has 1 atom stereocenters. The molecule has 2 amide bonds. The molecule has 0 aliphatic heterocycles. The third-order valence-electron chi connectivity index (χ3n) is 5.95. The Balaban J connectivity index is 2.02. The summed E-state index contributed by atoms with van der Waals surface area (Å²) in [5, 5.41) is 3.96. The molecule has 6 heteroatoms. The van der Waals surface area contributed by atoms with E-state index in [1.165, 1.54) is 0 Å². The average Bonchev–Trinajstić information content (AvgIpc) is 2.83. The first-order chi connectivity index (χ1) is 16.8. The van der Waals surface area contributed by atoms with E-state index in [-0.39, 0.29) is 30.7 Å². The summed E-state index contributed by atoms with van der Waals surface area (Å²) < 4.78 is 0. The van der Waals surface area contributed by atoms with E-state index in [9.17, 15) is 9.59 Å². The Bertz CT molecular complexity index is 1130. The monoisotopic (exact) mass is 510 g/mol. The molecule has 0 bridgehead atoms. The van der Waals surface area contributed by atoms with Gasteiger partial charge in [-0.1, -0.05) is 97.7 Å². The van der Waals surface area contributed by atoms with Crippen LogP contribution in [0.2, 0.25) is 10.0 Å². The molecule has 0 aromatic heterocycles. The number of carbonyl (C=O) groups is 2. The lowest BCUT2D eigenvalue weighted by atomic mass is 10.00. The SMILES string of the molecule is Cc1ccccc1CC(=O)N(Cc1c(Cl)cccc1Cl)[C@@H](Cc1ccccc1)C(=O)NCC(C)C. The van der Waals surface area contributed by atoms with Crippen LogP contribution in [0.3, 0.4) is 0 Å². The Morgan fingerprint density at radius 3 is 2.14 bits per heavy atom. The smallest absolute Gasteiger partial charge is 0.243 e. The molecule has 1 N–H and O–H groups in total. The first kappa shape index (κ1) is 26.8. The fraction of sp³-hybridized carbons (Fsp3) is 0.310. The fourth-order valence-corrected chi connectivity index (χ4v) is 4.42. The highest BCUT2D eigenvalue weighted by Crippen LogP contribution is 2.27. The second kappa shape index (κ2) is 12.8. The molecule has 0 saturated heterocycles. The minimum Gasteiger partial charge on any atom is -0.354 e. The normalized spacial score (nSPS) is 11.8. The Labute approximate surface area is 218 Å². The lowest BCUT2D eigenvalue weighted by Gasteiger charge is -2.32. The Hall–Kier alpha value is -2.82. The van der Waals surface area contributed by atoms with Crippen molar-refractivity contribution in [3.8, 4) is 0 Å². The molecule has 0 fully saturated rings. The second-order valence-corrected chi connectivity index (χ2v) is 9.98. The molecular formula is C29H32Cl2N2O2.